The fourth-order valence-electron chi connectivity index (χ4n) is 0.700. The van der Waals surface area contributed by atoms with Crippen LogP contribution in [0.2, 0.25) is 0 Å². The smallest absolute Gasteiger partial charge is 0.264 e. The molecule has 0 aliphatic rings. The predicted molar refractivity (Wildman–Crippen MR) is 52.9 cm³/mol. The summed E-state index contributed by atoms with van der Waals surface area (Å²) in [6.07, 6.45) is -3.00. The third-order valence-corrected chi connectivity index (χ3v) is 1.63. The van der Waals surface area contributed by atoms with Crippen LogP contribution < -0.4 is 16.0 Å². The number of amides is 2. The van der Waals surface area contributed by atoms with Crippen molar-refractivity contribution >= 4 is 17.6 Å². The van der Waals surface area contributed by atoms with Gasteiger partial charge in [0.25, 0.3) is 5.91 Å². The number of carbonyl (C=O) groups is 3. The maximum Gasteiger partial charge on any atom is 0.264 e. The van der Waals surface area contributed by atoms with Crippen molar-refractivity contribution in [3.63, 3.8) is 0 Å². The summed E-state index contributed by atoms with van der Waals surface area (Å²) in [5.74, 6) is -2.13. The molecule has 0 aromatic rings. The number of nitrogens with one attached hydrogen (secondary N) is 3. The molecule has 0 saturated heterocycles. The zero-order chi connectivity index (χ0) is 12.7. The summed E-state index contributed by atoms with van der Waals surface area (Å²) in [7, 11) is 1.36. The third-order valence-electron chi connectivity index (χ3n) is 1.63. The normalized spacial score (nSPS) is 13.8. The molecule has 2 atom stereocenters. The summed E-state index contributed by atoms with van der Waals surface area (Å²) in [4.78, 5) is 32.6. The van der Waals surface area contributed by atoms with Crippen LogP contribution in [0.3, 0.4) is 0 Å². The molecular formula is C8H15N3O5. The van der Waals surface area contributed by atoms with Crippen LogP contribution in [-0.4, -0.2) is 53.9 Å². The summed E-state index contributed by atoms with van der Waals surface area (Å²) in [6, 6.07) is 0. The molecule has 0 radical (unpaired) electrons. The molecule has 5 N–H and O–H groups in total. The molecule has 0 spiro atoms. The average Bonchev–Trinajstić information content (AvgIpc) is 2.24. The second-order valence-electron chi connectivity index (χ2n) is 2.99. The van der Waals surface area contributed by atoms with Gasteiger partial charge in [0.15, 0.2) is 18.2 Å². The van der Waals surface area contributed by atoms with Crippen molar-refractivity contribution in [2.24, 2.45) is 0 Å². The maximum atomic E-state index is 11.0. The topological polar surface area (TPSA) is 128 Å². The molecular weight excluding hydrogens is 218 g/mol. The van der Waals surface area contributed by atoms with E-state index in [-0.39, 0.29) is 0 Å². The van der Waals surface area contributed by atoms with Gasteiger partial charge in [-0.25, -0.2) is 0 Å². The first-order valence-electron chi connectivity index (χ1n) is 4.49. The summed E-state index contributed by atoms with van der Waals surface area (Å²) in [6.45, 7) is 0.663. The van der Waals surface area contributed by atoms with Gasteiger partial charge in [0.05, 0.1) is 6.54 Å². The maximum absolute atomic E-state index is 11.0. The molecule has 0 aliphatic heterocycles. The molecule has 0 rings (SSSR count). The lowest BCUT2D eigenvalue weighted by atomic mass is 10.4. The van der Waals surface area contributed by atoms with Crippen molar-refractivity contribution in [2.75, 3.05) is 13.6 Å². The molecule has 0 heterocycles. The molecule has 0 aromatic carbocycles. The van der Waals surface area contributed by atoms with E-state index in [2.05, 4.69) is 10.6 Å². The van der Waals surface area contributed by atoms with Crippen LogP contribution in [0.25, 0.3) is 0 Å². The number of Topliss-reactive ketones (excluding diaryl/α,β-unsaturated/α-hetero) is 1. The van der Waals surface area contributed by atoms with E-state index in [1.807, 2.05) is 5.32 Å². The number of aliphatic hydroxyl groups is 2. The van der Waals surface area contributed by atoms with Gasteiger partial charge in [-0.1, -0.05) is 0 Å². The highest BCUT2D eigenvalue weighted by molar-refractivity contribution is 5.89. The van der Waals surface area contributed by atoms with E-state index in [1.54, 1.807) is 0 Å². The largest absolute Gasteiger partial charge is 0.370 e. The number of rotatable bonds is 6. The minimum Gasteiger partial charge on any atom is -0.370 e. The Labute approximate surface area is 92.0 Å². The van der Waals surface area contributed by atoms with Gasteiger partial charge in [0.2, 0.25) is 5.91 Å². The van der Waals surface area contributed by atoms with Crippen molar-refractivity contribution in [1.29, 1.82) is 0 Å². The first-order valence-corrected chi connectivity index (χ1v) is 4.49. The van der Waals surface area contributed by atoms with Crippen LogP contribution in [0, 0.1) is 0 Å². The molecule has 0 aromatic heterocycles. The number of likely N-dealkylation sites (N-methyl/N-ethyl adjacent to an activating group) is 1. The van der Waals surface area contributed by atoms with E-state index in [1.165, 1.54) is 7.05 Å². The van der Waals surface area contributed by atoms with Crippen LogP contribution >= 0.6 is 0 Å². The summed E-state index contributed by atoms with van der Waals surface area (Å²) in [5.41, 5.74) is 0. The van der Waals surface area contributed by atoms with Gasteiger partial charge in [-0.15, -0.1) is 0 Å². The van der Waals surface area contributed by atoms with Crippen LogP contribution in [0.4, 0.5) is 0 Å². The lowest BCUT2D eigenvalue weighted by Gasteiger charge is -2.12. The van der Waals surface area contributed by atoms with Gasteiger partial charge in [-0.05, 0) is 14.0 Å². The Hall–Kier alpha value is -1.51. The molecule has 0 fully saturated rings. The van der Waals surface area contributed by atoms with E-state index < -0.39 is 36.6 Å². The fraction of sp³-hybridized carbons (Fsp3) is 0.625. The standard InChI is InChI=1S/C8H15N3O5/c1-4(12)6(14)11-5(13)3-10-8(16)7(15)9-2/h6-7,9,14-15H,3H2,1-2H3,(H,10,16)(H,11,13). The third kappa shape index (κ3) is 5.39. The quantitative estimate of drug-likeness (QED) is 0.305. The Kier molecular flexibility index (Phi) is 6.23. The van der Waals surface area contributed by atoms with E-state index in [4.69, 9.17) is 10.2 Å². The Morgan fingerprint density at radius 3 is 2.19 bits per heavy atom. The Balaban J connectivity index is 3.90. The molecule has 8 heteroatoms. The number of aliphatic hydroxyl groups excluding tert-OH is 2. The first kappa shape index (κ1) is 14.5. The molecule has 0 aliphatic carbocycles. The van der Waals surface area contributed by atoms with E-state index in [0.29, 0.717) is 0 Å². The first-order chi connectivity index (χ1) is 7.38. The average molecular weight is 233 g/mol. The molecule has 0 bridgehead atoms. The van der Waals surface area contributed by atoms with Gasteiger partial charge in [0, 0.05) is 0 Å². The highest BCUT2D eigenvalue weighted by atomic mass is 16.3. The lowest BCUT2D eigenvalue weighted by Crippen LogP contribution is -2.48. The summed E-state index contributed by atoms with van der Waals surface area (Å²) >= 11 is 0. The Morgan fingerprint density at radius 2 is 1.75 bits per heavy atom. The molecule has 92 valence electrons. The summed E-state index contributed by atoms with van der Waals surface area (Å²) < 4.78 is 0. The number of ketones is 1. The van der Waals surface area contributed by atoms with Crippen molar-refractivity contribution in [1.82, 2.24) is 16.0 Å². The molecule has 8 nitrogen and oxygen atoms in total. The highest BCUT2D eigenvalue weighted by Gasteiger charge is 2.16. The minimum absolute atomic E-state index is 0.443. The monoisotopic (exact) mass is 233 g/mol. The number of hydrogen-bond acceptors (Lipinski definition) is 6. The highest BCUT2D eigenvalue weighted by Crippen LogP contribution is 1.80. The Morgan fingerprint density at radius 1 is 1.19 bits per heavy atom. The predicted octanol–water partition coefficient (Wildman–Crippen LogP) is -3.34. The van der Waals surface area contributed by atoms with E-state index in [9.17, 15) is 14.4 Å². The van der Waals surface area contributed by atoms with Crippen LogP contribution in [0.1, 0.15) is 6.92 Å². The van der Waals surface area contributed by atoms with Gasteiger partial charge >= 0.3 is 0 Å². The van der Waals surface area contributed by atoms with Gasteiger partial charge < -0.3 is 20.8 Å². The van der Waals surface area contributed by atoms with Crippen molar-refractivity contribution in [3.8, 4) is 0 Å². The van der Waals surface area contributed by atoms with Crippen molar-refractivity contribution in [3.05, 3.63) is 0 Å². The van der Waals surface area contributed by atoms with Crippen LogP contribution in [0.15, 0.2) is 0 Å². The fourth-order valence-corrected chi connectivity index (χ4v) is 0.700. The molecule has 2 unspecified atom stereocenters. The molecule has 16 heavy (non-hydrogen) atoms. The van der Waals surface area contributed by atoms with Gasteiger partial charge in [0.1, 0.15) is 0 Å². The zero-order valence-electron chi connectivity index (χ0n) is 8.98. The van der Waals surface area contributed by atoms with Crippen LogP contribution in [0.5, 0.6) is 0 Å². The van der Waals surface area contributed by atoms with E-state index in [0.717, 1.165) is 6.92 Å². The van der Waals surface area contributed by atoms with Gasteiger partial charge in [-0.3, -0.25) is 19.7 Å². The van der Waals surface area contributed by atoms with Crippen molar-refractivity contribution in [2.45, 2.75) is 19.4 Å². The minimum atomic E-state index is -1.58. The number of hydrogen-bond donors (Lipinski definition) is 5. The lowest BCUT2D eigenvalue weighted by molar-refractivity contribution is -0.135. The number of carbonyl (C=O) groups excluding carboxylic acids is 3. The van der Waals surface area contributed by atoms with Gasteiger partial charge in [-0.2, -0.15) is 0 Å². The summed E-state index contributed by atoms with van der Waals surface area (Å²) in [5, 5.41) is 24.2. The SMILES string of the molecule is CNC(O)C(=O)NCC(=O)NC(O)C(C)=O. The zero-order valence-corrected chi connectivity index (χ0v) is 8.98. The molecule has 2 amide bonds. The second-order valence-corrected chi connectivity index (χ2v) is 2.99. The van der Waals surface area contributed by atoms with Crippen molar-refractivity contribution < 1.29 is 24.6 Å². The second kappa shape index (κ2) is 6.88. The molecule has 0 saturated carbocycles. The van der Waals surface area contributed by atoms with E-state index >= 15 is 0 Å². The Bertz CT molecular complexity index is 281. The van der Waals surface area contributed by atoms with Crippen LogP contribution in [-0.2, 0) is 14.4 Å².